The molecule has 1 heterocycles. The van der Waals surface area contributed by atoms with E-state index < -0.39 is 13.4 Å². The van der Waals surface area contributed by atoms with Gasteiger partial charge in [0.25, 0.3) is 0 Å². The molecule has 0 aromatic heterocycles. The predicted molar refractivity (Wildman–Crippen MR) is 48.6 cm³/mol. The fraction of sp³-hybridized carbons (Fsp3) is 1.00. The summed E-state index contributed by atoms with van der Waals surface area (Å²) in [6.07, 6.45) is 2.17. The summed E-state index contributed by atoms with van der Waals surface area (Å²) >= 11 is 0. The van der Waals surface area contributed by atoms with Crippen LogP contribution in [-0.4, -0.2) is 30.4 Å². The fourth-order valence-corrected chi connectivity index (χ4v) is 2.07. The Morgan fingerprint density at radius 2 is 1.62 bits per heavy atom. The summed E-state index contributed by atoms with van der Waals surface area (Å²) in [6.45, 7) is -0.889. The second-order valence-corrected chi connectivity index (χ2v) is 4.04. The third kappa shape index (κ3) is 3.22. The molecule has 0 aromatic rings. The largest absolute Gasteiger partial charge is 0.492 e. The van der Waals surface area contributed by atoms with Gasteiger partial charge in [0.15, 0.2) is 0 Å². The molecule has 1 rings (SSSR count). The van der Waals surface area contributed by atoms with Crippen molar-refractivity contribution >= 4 is 6.98 Å². The molecule has 0 spiro atoms. The minimum Gasteiger partial charge on any atom is -0.448 e. The second kappa shape index (κ2) is 3.90. The van der Waals surface area contributed by atoms with Crippen molar-refractivity contribution in [1.82, 2.24) is 4.90 Å². The van der Waals surface area contributed by atoms with Crippen LogP contribution in [0.4, 0.5) is 12.9 Å². The molecule has 0 aliphatic carbocycles. The highest BCUT2D eigenvalue weighted by Crippen LogP contribution is 2.25. The van der Waals surface area contributed by atoms with Crippen LogP contribution in [0.1, 0.15) is 33.1 Å². The van der Waals surface area contributed by atoms with E-state index >= 15 is 0 Å². The second-order valence-electron chi connectivity index (χ2n) is 4.04. The van der Waals surface area contributed by atoms with Gasteiger partial charge in [0, 0.05) is 12.1 Å². The first kappa shape index (κ1) is 10.9. The standard InChI is InChI=1S/C8H16BF3N/c1-7-4-3-5-8(2)13(7)6-9(10,11)12/h7-8H,3-6H2,1-2H3/q-1. The third-order valence-electron chi connectivity index (χ3n) is 2.79. The fourth-order valence-electron chi connectivity index (χ4n) is 2.07. The van der Waals surface area contributed by atoms with Crippen LogP contribution in [-0.2, 0) is 0 Å². The number of piperidine rings is 1. The van der Waals surface area contributed by atoms with E-state index in [1.807, 2.05) is 13.8 Å². The molecule has 0 N–H and O–H groups in total. The molecule has 0 aromatic carbocycles. The summed E-state index contributed by atoms with van der Waals surface area (Å²) in [6, 6.07) is 0.180. The van der Waals surface area contributed by atoms with Gasteiger partial charge in [-0.15, -0.1) is 0 Å². The van der Waals surface area contributed by atoms with Crippen LogP contribution in [0, 0.1) is 0 Å². The van der Waals surface area contributed by atoms with Gasteiger partial charge in [0.05, 0.1) is 0 Å². The molecule has 1 aliphatic rings. The van der Waals surface area contributed by atoms with E-state index in [0.717, 1.165) is 19.3 Å². The van der Waals surface area contributed by atoms with Crippen molar-refractivity contribution in [1.29, 1.82) is 0 Å². The summed E-state index contributed by atoms with van der Waals surface area (Å²) < 4.78 is 36.6. The molecule has 0 radical (unpaired) electrons. The monoisotopic (exact) mass is 194 g/mol. The van der Waals surface area contributed by atoms with Gasteiger partial charge in [-0.1, -0.05) is 6.42 Å². The lowest BCUT2D eigenvalue weighted by molar-refractivity contribution is 0.113. The maximum atomic E-state index is 12.2. The third-order valence-corrected chi connectivity index (χ3v) is 2.79. The number of rotatable bonds is 2. The molecule has 13 heavy (non-hydrogen) atoms. The molecular weight excluding hydrogens is 178 g/mol. The average Bonchev–Trinajstić information content (AvgIpc) is 1.95. The van der Waals surface area contributed by atoms with Crippen molar-refractivity contribution in [2.45, 2.75) is 45.2 Å². The SMILES string of the molecule is CC1CCCC(C)N1C[B-](F)(F)F. The van der Waals surface area contributed by atoms with Crippen LogP contribution in [0.5, 0.6) is 0 Å². The summed E-state index contributed by atoms with van der Waals surface area (Å²) in [7, 11) is 0. The normalized spacial score (nSPS) is 32.1. The van der Waals surface area contributed by atoms with Gasteiger partial charge in [-0.05, 0) is 33.1 Å². The van der Waals surface area contributed by atoms with E-state index in [-0.39, 0.29) is 12.1 Å². The topological polar surface area (TPSA) is 3.24 Å². The van der Waals surface area contributed by atoms with E-state index in [1.165, 1.54) is 0 Å². The molecule has 5 heteroatoms. The first-order valence-corrected chi connectivity index (χ1v) is 4.87. The van der Waals surface area contributed by atoms with Crippen molar-refractivity contribution in [2.75, 3.05) is 6.44 Å². The van der Waals surface area contributed by atoms with Crippen LogP contribution in [0.15, 0.2) is 0 Å². The Morgan fingerprint density at radius 3 is 2.00 bits per heavy atom. The highest BCUT2D eigenvalue weighted by Gasteiger charge is 2.32. The first-order valence-electron chi connectivity index (χ1n) is 4.87. The first-order chi connectivity index (χ1) is 5.90. The van der Waals surface area contributed by atoms with E-state index in [4.69, 9.17) is 0 Å². The number of nitrogens with zero attached hydrogens (tertiary/aromatic N) is 1. The van der Waals surface area contributed by atoms with Crippen LogP contribution in [0.2, 0.25) is 0 Å². The Hall–Kier alpha value is -0.185. The van der Waals surface area contributed by atoms with Crippen molar-refractivity contribution < 1.29 is 12.9 Å². The molecule has 1 saturated heterocycles. The zero-order chi connectivity index (χ0) is 10.1. The molecule has 0 saturated carbocycles. The molecule has 1 nitrogen and oxygen atoms in total. The summed E-state index contributed by atoms with van der Waals surface area (Å²) in [5.74, 6) is 0. The summed E-state index contributed by atoms with van der Waals surface area (Å²) in [4.78, 5) is 1.59. The van der Waals surface area contributed by atoms with Crippen molar-refractivity contribution in [2.24, 2.45) is 0 Å². The summed E-state index contributed by atoms with van der Waals surface area (Å²) in [5.41, 5.74) is 0. The van der Waals surface area contributed by atoms with Gasteiger partial charge in [-0.25, -0.2) is 0 Å². The minimum atomic E-state index is -4.66. The van der Waals surface area contributed by atoms with Gasteiger partial charge in [0.2, 0.25) is 0 Å². The Balaban J connectivity index is 2.54. The molecular formula is C8H16BF3N-. The van der Waals surface area contributed by atoms with Crippen molar-refractivity contribution in [3.63, 3.8) is 0 Å². The smallest absolute Gasteiger partial charge is 0.448 e. The Bertz CT molecular complexity index is 161. The highest BCUT2D eigenvalue weighted by atomic mass is 19.4. The van der Waals surface area contributed by atoms with Gasteiger partial charge in [-0.2, -0.15) is 0 Å². The number of halogens is 3. The predicted octanol–water partition coefficient (Wildman–Crippen LogP) is 2.64. The van der Waals surface area contributed by atoms with E-state index in [1.54, 1.807) is 4.90 Å². The van der Waals surface area contributed by atoms with E-state index in [2.05, 4.69) is 0 Å². The lowest BCUT2D eigenvalue weighted by atomic mass is 9.86. The Kier molecular flexibility index (Phi) is 3.27. The van der Waals surface area contributed by atoms with Crippen molar-refractivity contribution in [3.05, 3.63) is 0 Å². The van der Waals surface area contributed by atoms with E-state index in [9.17, 15) is 12.9 Å². The van der Waals surface area contributed by atoms with Gasteiger partial charge >= 0.3 is 6.98 Å². The maximum Gasteiger partial charge on any atom is 0.492 e. The summed E-state index contributed by atoms with van der Waals surface area (Å²) in [5, 5.41) is 0. The van der Waals surface area contributed by atoms with Crippen molar-refractivity contribution in [3.8, 4) is 0 Å². The molecule has 0 bridgehead atoms. The minimum absolute atomic E-state index is 0.0900. The van der Waals surface area contributed by atoms with Gasteiger partial charge in [0.1, 0.15) is 0 Å². The molecule has 2 unspecified atom stereocenters. The number of hydrogen-bond acceptors (Lipinski definition) is 1. The molecule has 0 amide bonds. The van der Waals surface area contributed by atoms with Gasteiger partial charge < -0.3 is 17.8 Å². The van der Waals surface area contributed by atoms with Gasteiger partial charge in [-0.3, -0.25) is 0 Å². The van der Waals surface area contributed by atoms with Crippen LogP contribution < -0.4 is 0 Å². The zero-order valence-corrected chi connectivity index (χ0v) is 8.14. The average molecular weight is 194 g/mol. The van der Waals surface area contributed by atoms with E-state index in [0.29, 0.717) is 0 Å². The molecule has 2 atom stereocenters. The Morgan fingerprint density at radius 1 is 1.15 bits per heavy atom. The number of likely N-dealkylation sites (tertiary alicyclic amines) is 1. The maximum absolute atomic E-state index is 12.2. The molecule has 1 aliphatic heterocycles. The van der Waals surface area contributed by atoms with Crippen LogP contribution in [0.25, 0.3) is 0 Å². The quantitative estimate of drug-likeness (QED) is 0.610. The number of hydrogen-bond donors (Lipinski definition) is 0. The molecule has 1 fully saturated rings. The Labute approximate surface area is 77.4 Å². The van der Waals surface area contributed by atoms with Crippen LogP contribution in [0.3, 0.4) is 0 Å². The van der Waals surface area contributed by atoms with Crippen LogP contribution >= 0.6 is 0 Å². The lowest BCUT2D eigenvalue weighted by Crippen LogP contribution is -2.49. The zero-order valence-electron chi connectivity index (χ0n) is 8.14. The lowest BCUT2D eigenvalue weighted by Gasteiger charge is -2.41. The molecule has 78 valence electrons. The highest BCUT2D eigenvalue weighted by molar-refractivity contribution is 6.58.